The molecular weight excluding hydrogens is 309 g/mol. The third-order valence-electron chi connectivity index (χ3n) is 4.04. The topological polar surface area (TPSA) is 0 Å². The van der Waals surface area contributed by atoms with E-state index in [1.165, 1.54) is 17.7 Å². The molecule has 0 bridgehead atoms. The molecule has 0 spiro atoms. The molecule has 0 amide bonds. The first-order valence-corrected chi connectivity index (χ1v) is 7.84. The number of halogens is 3. The Labute approximate surface area is 139 Å². The number of hydrogen-bond acceptors (Lipinski definition) is 0. The molecule has 2 aromatic carbocycles. The van der Waals surface area contributed by atoms with Gasteiger partial charge in [0, 0.05) is 0 Å². The lowest BCUT2D eigenvalue weighted by Gasteiger charge is -2.10. The monoisotopic (exact) mass is 326 g/mol. The molecule has 122 valence electrons. The number of alkyl halides is 3. The third-order valence-corrected chi connectivity index (χ3v) is 4.04. The molecule has 0 atom stereocenters. The van der Waals surface area contributed by atoms with Gasteiger partial charge in [0.05, 0.1) is 5.56 Å². The predicted octanol–water partition coefficient (Wildman–Crippen LogP) is 6.66. The zero-order valence-corrected chi connectivity index (χ0v) is 13.1. The van der Waals surface area contributed by atoms with E-state index in [2.05, 4.69) is 12.2 Å². The molecule has 0 heterocycles. The molecule has 0 nitrogen and oxygen atoms in total. The van der Waals surface area contributed by atoms with Gasteiger partial charge in [-0.1, -0.05) is 66.8 Å². The second-order valence-electron chi connectivity index (χ2n) is 5.70. The van der Waals surface area contributed by atoms with Crippen LogP contribution in [-0.2, 0) is 6.18 Å². The van der Waals surface area contributed by atoms with Gasteiger partial charge in [0.15, 0.2) is 0 Å². The summed E-state index contributed by atoms with van der Waals surface area (Å²) < 4.78 is 37.9. The van der Waals surface area contributed by atoms with Crippen LogP contribution in [0.1, 0.15) is 24.0 Å². The molecule has 0 N–H and O–H groups in total. The molecule has 2 aromatic rings. The molecule has 1 aliphatic rings. The van der Waals surface area contributed by atoms with Gasteiger partial charge in [-0.3, -0.25) is 0 Å². The van der Waals surface area contributed by atoms with E-state index >= 15 is 0 Å². The maximum Gasteiger partial charge on any atom is 0.416 e. The molecule has 3 rings (SSSR count). The van der Waals surface area contributed by atoms with Gasteiger partial charge >= 0.3 is 6.18 Å². The van der Waals surface area contributed by atoms with Gasteiger partial charge in [0.1, 0.15) is 0 Å². The number of allylic oxidation sites excluding steroid dienone is 6. The number of rotatable bonds is 2. The van der Waals surface area contributed by atoms with Crippen molar-refractivity contribution in [3.8, 4) is 11.1 Å². The van der Waals surface area contributed by atoms with Crippen LogP contribution >= 0.6 is 0 Å². The molecule has 0 unspecified atom stereocenters. The van der Waals surface area contributed by atoms with E-state index in [9.17, 15) is 13.2 Å². The van der Waals surface area contributed by atoms with Gasteiger partial charge in [0.25, 0.3) is 0 Å². The Hall–Kier alpha value is -2.55. The van der Waals surface area contributed by atoms with Crippen molar-refractivity contribution in [2.75, 3.05) is 0 Å². The molecule has 0 aliphatic heterocycles. The van der Waals surface area contributed by atoms with E-state index in [0.29, 0.717) is 0 Å². The Bertz CT molecular complexity index is 773. The number of benzene rings is 2. The van der Waals surface area contributed by atoms with E-state index < -0.39 is 11.7 Å². The van der Waals surface area contributed by atoms with Crippen LogP contribution in [0.15, 0.2) is 78.9 Å². The molecule has 24 heavy (non-hydrogen) atoms. The Morgan fingerprint density at radius 2 is 1.25 bits per heavy atom. The zero-order valence-electron chi connectivity index (χ0n) is 13.1. The maximum atomic E-state index is 12.6. The minimum atomic E-state index is -4.30. The quantitative estimate of drug-likeness (QED) is 0.578. The van der Waals surface area contributed by atoms with Crippen molar-refractivity contribution in [1.29, 1.82) is 0 Å². The van der Waals surface area contributed by atoms with Crippen LogP contribution in [-0.4, -0.2) is 0 Å². The van der Waals surface area contributed by atoms with E-state index in [4.69, 9.17) is 0 Å². The van der Waals surface area contributed by atoms with Crippen LogP contribution in [0.25, 0.3) is 16.7 Å². The SMILES string of the molecule is FC(F)(F)c1ccc(-c2ccc(/C3=C/C=C\C=C/CC3)cc2)cc1. The Kier molecular flexibility index (Phi) is 4.70. The second kappa shape index (κ2) is 6.91. The lowest BCUT2D eigenvalue weighted by atomic mass is 9.96. The largest absolute Gasteiger partial charge is 0.416 e. The first-order valence-electron chi connectivity index (χ1n) is 7.84. The maximum absolute atomic E-state index is 12.6. The smallest absolute Gasteiger partial charge is 0.166 e. The van der Waals surface area contributed by atoms with Crippen LogP contribution in [0.3, 0.4) is 0 Å². The van der Waals surface area contributed by atoms with Gasteiger partial charge in [-0.25, -0.2) is 0 Å². The van der Waals surface area contributed by atoms with Gasteiger partial charge in [0.2, 0.25) is 0 Å². The highest BCUT2D eigenvalue weighted by Gasteiger charge is 2.29. The van der Waals surface area contributed by atoms with Crippen molar-refractivity contribution in [3.05, 3.63) is 90.0 Å². The summed E-state index contributed by atoms with van der Waals surface area (Å²) in [6.45, 7) is 0. The van der Waals surface area contributed by atoms with E-state index in [1.807, 2.05) is 42.5 Å². The van der Waals surface area contributed by atoms with Crippen LogP contribution < -0.4 is 0 Å². The highest BCUT2D eigenvalue weighted by Crippen LogP contribution is 2.31. The summed E-state index contributed by atoms with van der Waals surface area (Å²) in [4.78, 5) is 0. The van der Waals surface area contributed by atoms with Gasteiger partial charge in [-0.05, 0) is 47.2 Å². The normalized spacial score (nSPS) is 19.7. The third kappa shape index (κ3) is 3.85. The Morgan fingerprint density at radius 3 is 1.88 bits per heavy atom. The van der Waals surface area contributed by atoms with Crippen molar-refractivity contribution in [1.82, 2.24) is 0 Å². The van der Waals surface area contributed by atoms with Crippen LogP contribution in [0.4, 0.5) is 13.2 Å². The summed E-state index contributed by atoms with van der Waals surface area (Å²) >= 11 is 0. The van der Waals surface area contributed by atoms with E-state index in [1.54, 1.807) is 0 Å². The molecular formula is C21H17F3. The fourth-order valence-corrected chi connectivity index (χ4v) is 2.70. The summed E-state index contributed by atoms with van der Waals surface area (Å²) in [6, 6.07) is 13.2. The van der Waals surface area contributed by atoms with Crippen LogP contribution in [0.2, 0.25) is 0 Å². The summed E-state index contributed by atoms with van der Waals surface area (Å²) in [5.41, 5.74) is 3.47. The Morgan fingerprint density at radius 1 is 0.667 bits per heavy atom. The van der Waals surface area contributed by atoms with Gasteiger partial charge in [-0.2, -0.15) is 13.2 Å². The zero-order chi connectivity index (χ0) is 17.0. The van der Waals surface area contributed by atoms with E-state index in [0.717, 1.165) is 41.7 Å². The van der Waals surface area contributed by atoms with Crippen molar-refractivity contribution < 1.29 is 13.2 Å². The molecule has 0 fully saturated rings. The van der Waals surface area contributed by atoms with Crippen LogP contribution in [0, 0.1) is 0 Å². The second-order valence-corrected chi connectivity index (χ2v) is 5.70. The van der Waals surface area contributed by atoms with Gasteiger partial charge < -0.3 is 0 Å². The average Bonchev–Trinajstić information content (AvgIpc) is 2.54. The molecule has 0 radical (unpaired) electrons. The summed E-state index contributed by atoms with van der Waals surface area (Å²) in [5.74, 6) is 0. The van der Waals surface area contributed by atoms with Crippen molar-refractivity contribution in [3.63, 3.8) is 0 Å². The van der Waals surface area contributed by atoms with Gasteiger partial charge in [-0.15, -0.1) is 0 Å². The van der Waals surface area contributed by atoms with Crippen molar-refractivity contribution in [2.45, 2.75) is 19.0 Å². The molecule has 0 saturated carbocycles. The number of hydrogen-bond donors (Lipinski definition) is 0. The van der Waals surface area contributed by atoms with E-state index in [-0.39, 0.29) is 0 Å². The van der Waals surface area contributed by atoms with Crippen molar-refractivity contribution in [2.24, 2.45) is 0 Å². The standard InChI is InChI=1S/C21H17F3/c22-21(23,24)20-14-12-19(13-15-20)18-10-8-17(9-11-18)16-6-4-2-1-3-5-7-16/h1-4,6,8-15H,5,7H2/b3-1-,4-2-,16-6+. The predicted molar refractivity (Wildman–Crippen MR) is 92.4 cm³/mol. The molecule has 3 heteroatoms. The summed E-state index contributed by atoms with van der Waals surface area (Å²) in [6.07, 6.45) is 7.99. The van der Waals surface area contributed by atoms with Crippen molar-refractivity contribution >= 4 is 5.57 Å². The molecule has 1 aliphatic carbocycles. The molecule has 0 aromatic heterocycles. The first kappa shape index (κ1) is 16.3. The summed E-state index contributed by atoms with van der Waals surface area (Å²) in [5, 5.41) is 0. The first-order chi connectivity index (χ1) is 11.5. The lowest BCUT2D eigenvalue weighted by Crippen LogP contribution is -2.03. The highest BCUT2D eigenvalue weighted by molar-refractivity contribution is 5.71. The highest BCUT2D eigenvalue weighted by atomic mass is 19.4. The Balaban J connectivity index is 1.82. The fourth-order valence-electron chi connectivity index (χ4n) is 2.70. The minimum absolute atomic E-state index is 0.623. The summed E-state index contributed by atoms with van der Waals surface area (Å²) in [7, 11) is 0. The minimum Gasteiger partial charge on any atom is -0.166 e. The fraction of sp³-hybridized carbons (Fsp3) is 0.143. The molecule has 0 saturated heterocycles. The van der Waals surface area contributed by atoms with Crippen LogP contribution in [0.5, 0.6) is 0 Å². The average molecular weight is 326 g/mol. The lowest BCUT2D eigenvalue weighted by molar-refractivity contribution is -0.137.